The highest BCUT2D eigenvalue weighted by Crippen LogP contribution is 2.31. The highest BCUT2D eigenvalue weighted by atomic mass is 32.1. The summed E-state index contributed by atoms with van der Waals surface area (Å²) in [5.41, 5.74) is 0.688. The summed E-state index contributed by atoms with van der Waals surface area (Å²) < 4.78 is 18.4. The van der Waals surface area contributed by atoms with E-state index < -0.39 is 11.8 Å². The van der Waals surface area contributed by atoms with Gasteiger partial charge in [0.25, 0.3) is 5.78 Å². The number of Topliss-reactive ketones (excluding diaryl/α,β-unsaturated/α-hetero) is 1. The first-order valence-corrected chi connectivity index (χ1v) is 6.26. The maximum atomic E-state index is 13.1. The van der Waals surface area contributed by atoms with Crippen molar-refractivity contribution in [3.63, 3.8) is 0 Å². The first-order chi connectivity index (χ1) is 8.54. The standard InChI is InChI=1S/C13H11FO3S/c1-3-17-13(16)11(15)12-7(2)9-5-4-8(14)6-10(9)18-12/h4-6H,3H2,1-2H3. The number of halogens is 1. The molecule has 0 saturated carbocycles. The summed E-state index contributed by atoms with van der Waals surface area (Å²) in [6.45, 7) is 3.53. The van der Waals surface area contributed by atoms with Crippen molar-refractivity contribution in [1.29, 1.82) is 0 Å². The zero-order valence-corrected chi connectivity index (χ0v) is 10.8. The Hall–Kier alpha value is -1.75. The number of carbonyl (C=O) groups is 2. The first kappa shape index (κ1) is 12.7. The normalized spacial score (nSPS) is 10.6. The minimum absolute atomic E-state index is 0.156. The van der Waals surface area contributed by atoms with Gasteiger partial charge in [-0.3, -0.25) is 4.79 Å². The zero-order valence-electron chi connectivity index (χ0n) is 9.95. The molecule has 0 radical (unpaired) electrons. The average molecular weight is 266 g/mol. The van der Waals surface area contributed by atoms with E-state index in [1.54, 1.807) is 19.9 Å². The smallest absolute Gasteiger partial charge is 0.380 e. The monoisotopic (exact) mass is 266 g/mol. The van der Waals surface area contributed by atoms with Gasteiger partial charge in [0.1, 0.15) is 5.82 Å². The molecule has 0 fully saturated rings. The number of thiophene rings is 1. The van der Waals surface area contributed by atoms with E-state index in [1.165, 1.54) is 12.1 Å². The summed E-state index contributed by atoms with van der Waals surface area (Å²) >= 11 is 1.11. The van der Waals surface area contributed by atoms with Crippen molar-refractivity contribution < 1.29 is 18.7 Å². The second-order valence-electron chi connectivity index (χ2n) is 3.75. The number of ketones is 1. The summed E-state index contributed by atoms with van der Waals surface area (Å²) in [6.07, 6.45) is 0. The molecule has 1 aromatic heterocycles. The fourth-order valence-electron chi connectivity index (χ4n) is 1.71. The molecule has 2 rings (SSSR count). The topological polar surface area (TPSA) is 43.4 Å². The van der Waals surface area contributed by atoms with E-state index in [9.17, 15) is 14.0 Å². The van der Waals surface area contributed by atoms with Crippen LogP contribution in [0.1, 0.15) is 22.2 Å². The molecule has 0 spiro atoms. The fourth-order valence-corrected chi connectivity index (χ4v) is 2.87. The molecule has 0 N–H and O–H groups in total. The van der Waals surface area contributed by atoms with Gasteiger partial charge in [-0.05, 0) is 36.9 Å². The number of hydrogen-bond donors (Lipinski definition) is 0. The van der Waals surface area contributed by atoms with E-state index in [2.05, 4.69) is 4.74 Å². The predicted octanol–water partition coefficient (Wildman–Crippen LogP) is 3.09. The van der Waals surface area contributed by atoms with Crippen LogP contribution in [0.4, 0.5) is 4.39 Å². The van der Waals surface area contributed by atoms with Crippen LogP contribution >= 0.6 is 11.3 Å². The van der Waals surface area contributed by atoms with E-state index >= 15 is 0 Å². The van der Waals surface area contributed by atoms with Crippen molar-refractivity contribution in [1.82, 2.24) is 0 Å². The number of esters is 1. The van der Waals surface area contributed by atoms with Crippen LogP contribution in [0.25, 0.3) is 10.1 Å². The molecule has 0 unspecified atom stereocenters. The highest BCUT2D eigenvalue weighted by Gasteiger charge is 2.23. The van der Waals surface area contributed by atoms with E-state index in [4.69, 9.17) is 0 Å². The molecule has 0 amide bonds. The Labute approximate surface area is 107 Å². The van der Waals surface area contributed by atoms with Crippen LogP contribution in [-0.2, 0) is 9.53 Å². The van der Waals surface area contributed by atoms with Crippen LogP contribution in [0.5, 0.6) is 0 Å². The highest BCUT2D eigenvalue weighted by molar-refractivity contribution is 7.21. The largest absolute Gasteiger partial charge is 0.460 e. The summed E-state index contributed by atoms with van der Waals surface area (Å²) in [5, 5.41) is 0.786. The summed E-state index contributed by atoms with van der Waals surface area (Å²) in [5.74, 6) is -1.90. The van der Waals surface area contributed by atoms with Gasteiger partial charge in [0.2, 0.25) is 0 Å². The molecule has 0 aliphatic carbocycles. The van der Waals surface area contributed by atoms with E-state index in [0.29, 0.717) is 15.1 Å². The van der Waals surface area contributed by atoms with Crippen molar-refractivity contribution in [2.45, 2.75) is 13.8 Å². The van der Waals surface area contributed by atoms with Crippen LogP contribution in [-0.4, -0.2) is 18.4 Å². The Morgan fingerprint density at radius 3 is 2.78 bits per heavy atom. The second-order valence-corrected chi connectivity index (χ2v) is 4.80. The molecule has 0 atom stereocenters. The lowest BCUT2D eigenvalue weighted by Crippen LogP contribution is -2.17. The van der Waals surface area contributed by atoms with Crippen LogP contribution in [0.15, 0.2) is 18.2 Å². The fraction of sp³-hybridized carbons (Fsp3) is 0.231. The Kier molecular flexibility index (Phi) is 3.43. The lowest BCUT2D eigenvalue weighted by atomic mass is 10.1. The summed E-state index contributed by atoms with van der Waals surface area (Å²) in [4.78, 5) is 23.6. The maximum absolute atomic E-state index is 13.1. The molecule has 18 heavy (non-hydrogen) atoms. The maximum Gasteiger partial charge on any atom is 0.380 e. The van der Waals surface area contributed by atoms with Gasteiger partial charge in [-0.25, -0.2) is 9.18 Å². The van der Waals surface area contributed by atoms with Crippen LogP contribution in [0.2, 0.25) is 0 Å². The Balaban J connectivity index is 2.49. The van der Waals surface area contributed by atoms with Gasteiger partial charge < -0.3 is 4.74 Å². The van der Waals surface area contributed by atoms with Crippen molar-refractivity contribution in [2.75, 3.05) is 6.61 Å². The SMILES string of the molecule is CCOC(=O)C(=O)c1sc2cc(F)ccc2c1C. The van der Waals surface area contributed by atoms with Gasteiger partial charge in [0.15, 0.2) is 0 Å². The number of aryl methyl sites for hydroxylation is 1. The number of hydrogen-bond acceptors (Lipinski definition) is 4. The Bertz CT molecular complexity index is 630. The first-order valence-electron chi connectivity index (χ1n) is 5.44. The van der Waals surface area contributed by atoms with Gasteiger partial charge in [0.05, 0.1) is 11.5 Å². The third kappa shape index (κ3) is 2.13. The van der Waals surface area contributed by atoms with Gasteiger partial charge in [-0.2, -0.15) is 0 Å². The molecule has 0 saturated heterocycles. The average Bonchev–Trinajstić information content (AvgIpc) is 2.65. The number of fused-ring (bicyclic) bond motifs is 1. The minimum atomic E-state index is -0.868. The molecule has 3 nitrogen and oxygen atoms in total. The molecule has 0 bridgehead atoms. The third-order valence-corrected chi connectivity index (χ3v) is 3.82. The minimum Gasteiger partial charge on any atom is -0.460 e. The lowest BCUT2D eigenvalue weighted by molar-refractivity contribution is -0.137. The Morgan fingerprint density at radius 1 is 1.39 bits per heavy atom. The number of ether oxygens (including phenoxy) is 1. The molecule has 1 heterocycles. The van der Waals surface area contributed by atoms with Gasteiger partial charge >= 0.3 is 5.97 Å². The lowest BCUT2D eigenvalue weighted by Gasteiger charge is -1.99. The van der Waals surface area contributed by atoms with Crippen molar-refractivity contribution in [3.8, 4) is 0 Å². The second kappa shape index (κ2) is 4.86. The number of rotatable bonds is 3. The molecule has 0 aliphatic rings. The molecular weight excluding hydrogens is 255 g/mol. The van der Waals surface area contributed by atoms with E-state index in [0.717, 1.165) is 16.7 Å². The van der Waals surface area contributed by atoms with E-state index in [1.807, 2.05) is 0 Å². The van der Waals surface area contributed by atoms with Crippen LogP contribution in [0, 0.1) is 12.7 Å². The molecular formula is C13H11FO3S. The molecule has 1 aromatic carbocycles. The Morgan fingerprint density at radius 2 is 2.11 bits per heavy atom. The summed E-state index contributed by atoms with van der Waals surface area (Å²) in [6, 6.07) is 4.30. The molecule has 94 valence electrons. The van der Waals surface area contributed by atoms with E-state index in [-0.39, 0.29) is 12.4 Å². The number of carbonyl (C=O) groups excluding carboxylic acids is 2. The van der Waals surface area contributed by atoms with Gasteiger partial charge in [0, 0.05) is 4.70 Å². The predicted molar refractivity (Wildman–Crippen MR) is 67.5 cm³/mol. The van der Waals surface area contributed by atoms with Gasteiger partial charge in [-0.1, -0.05) is 6.07 Å². The quantitative estimate of drug-likeness (QED) is 0.487. The van der Waals surface area contributed by atoms with Crippen molar-refractivity contribution >= 4 is 33.2 Å². The van der Waals surface area contributed by atoms with Gasteiger partial charge in [-0.15, -0.1) is 11.3 Å². The summed E-state index contributed by atoms with van der Waals surface area (Å²) in [7, 11) is 0. The molecule has 0 aliphatic heterocycles. The third-order valence-electron chi connectivity index (χ3n) is 2.57. The van der Waals surface area contributed by atoms with Crippen molar-refractivity contribution in [3.05, 3.63) is 34.5 Å². The van der Waals surface area contributed by atoms with Crippen molar-refractivity contribution in [2.24, 2.45) is 0 Å². The molecule has 2 aromatic rings. The van der Waals surface area contributed by atoms with Crippen LogP contribution in [0.3, 0.4) is 0 Å². The number of benzene rings is 1. The van der Waals surface area contributed by atoms with Crippen LogP contribution < -0.4 is 0 Å². The zero-order chi connectivity index (χ0) is 13.3. The molecule has 5 heteroatoms.